The number of likely N-dealkylation sites (tertiary alicyclic amines) is 1. The number of amides is 3. The van der Waals surface area contributed by atoms with Gasteiger partial charge in [-0.3, -0.25) is 34.2 Å². The summed E-state index contributed by atoms with van der Waals surface area (Å²) in [6.45, 7) is 0.626. The smallest absolute Gasteiger partial charge is 0.308 e. The second kappa shape index (κ2) is 7.52. The van der Waals surface area contributed by atoms with E-state index in [-0.39, 0.29) is 36.6 Å². The van der Waals surface area contributed by atoms with Crippen molar-refractivity contribution >= 4 is 29.4 Å². The fourth-order valence-electron chi connectivity index (χ4n) is 3.15. The molecule has 1 saturated heterocycles. The predicted molar refractivity (Wildman–Crippen MR) is 89.9 cm³/mol. The van der Waals surface area contributed by atoms with Gasteiger partial charge in [0.2, 0.25) is 0 Å². The number of nitro groups is 1. The highest BCUT2D eigenvalue weighted by atomic mass is 16.6. The van der Waals surface area contributed by atoms with Crippen LogP contribution < -0.4 is 0 Å². The Morgan fingerprint density at radius 2 is 1.85 bits per heavy atom. The van der Waals surface area contributed by atoms with Gasteiger partial charge < -0.3 is 9.64 Å². The van der Waals surface area contributed by atoms with E-state index in [1.165, 1.54) is 12.1 Å². The molecule has 0 bridgehead atoms. The summed E-state index contributed by atoms with van der Waals surface area (Å²) in [6, 6.07) is 3.80. The lowest BCUT2D eigenvalue weighted by molar-refractivity contribution is -0.385. The molecular formula is C17H17N3O7. The SMILES string of the molecule is O=C(CCN1C(=O)c2cccc([N+](=O)[O-])c2C1=O)OCC(=O)N1CCCC1. The number of carbonyl (C=O) groups is 4. The Balaban J connectivity index is 1.57. The fourth-order valence-corrected chi connectivity index (χ4v) is 3.15. The molecule has 10 nitrogen and oxygen atoms in total. The van der Waals surface area contributed by atoms with Crippen molar-refractivity contribution in [2.24, 2.45) is 0 Å². The van der Waals surface area contributed by atoms with Gasteiger partial charge in [0, 0.05) is 25.7 Å². The van der Waals surface area contributed by atoms with Crippen molar-refractivity contribution < 1.29 is 28.8 Å². The van der Waals surface area contributed by atoms with E-state index in [1.54, 1.807) is 4.90 Å². The lowest BCUT2D eigenvalue weighted by Gasteiger charge is -2.16. The lowest BCUT2D eigenvalue weighted by Crippen LogP contribution is -2.34. The number of hydrogen-bond acceptors (Lipinski definition) is 7. The zero-order valence-electron chi connectivity index (χ0n) is 14.4. The summed E-state index contributed by atoms with van der Waals surface area (Å²) in [5, 5.41) is 11.1. The van der Waals surface area contributed by atoms with Gasteiger partial charge in [-0.25, -0.2) is 0 Å². The summed E-state index contributed by atoms with van der Waals surface area (Å²) >= 11 is 0. The maximum atomic E-state index is 12.4. The highest BCUT2D eigenvalue weighted by Crippen LogP contribution is 2.30. The third-order valence-electron chi connectivity index (χ3n) is 4.53. The van der Waals surface area contributed by atoms with E-state index in [9.17, 15) is 29.3 Å². The number of nitro benzene ring substituents is 1. The van der Waals surface area contributed by atoms with E-state index in [1.807, 2.05) is 0 Å². The molecule has 0 aromatic heterocycles. The second-order valence-electron chi connectivity index (χ2n) is 6.22. The van der Waals surface area contributed by atoms with Crippen LogP contribution in [0.4, 0.5) is 5.69 Å². The third kappa shape index (κ3) is 3.64. The van der Waals surface area contributed by atoms with Crippen LogP contribution in [0.5, 0.6) is 0 Å². The number of esters is 1. The Labute approximate surface area is 153 Å². The molecule has 0 aliphatic carbocycles. The van der Waals surface area contributed by atoms with Crippen LogP contribution in [0.15, 0.2) is 18.2 Å². The van der Waals surface area contributed by atoms with Crippen LogP contribution in [0.25, 0.3) is 0 Å². The van der Waals surface area contributed by atoms with Crippen molar-refractivity contribution in [3.8, 4) is 0 Å². The first kappa shape index (κ1) is 18.5. The van der Waals surface area contributed by atoms with Gasteiger partial charge >= 0.3 is 5.97 Å². The molecule has 0 unspecified atom stereocenters. The Morgan fingerprint density at radius 3 is 2.52 bits per heavy atom. The van der Waals surface area contributed by atoms with E-state index >= 15 is 0 Å². The number of carbonyl (C=O) groups excluding carboxylic acids is 4. The van der Waals surface area contributed by atoms with Crippen molar-refractivity contribution in [1.29, 1.82) is 0 Å². The Morgan fingerprint density at radius 1 is 1.15 bits per heavy atom. The van der Waals surface area contributed by atoms with Gasteiger partial charge in [0.05, 0.1) is 16.9 Å². The maximum absolute atomic E-state index is 12.4. The number of fused-ring (bicyclic) bond motifs is 1. The van der Waals surface area contributed by atoms with Gasteiger partial charge in [0.15, 0.2) is 6.61 Å². The predicted octanol–water partition coefficient (Wildman–Crippen LogP) is 0.746. The minimum absolute atomic E-state index is 0.0632. The topological polar surface area (TPSA) is 127 Å². The molecule has 3 amide bonds. The van der Waals surface area contributed by atoms with Crippen LogP contribution >= 0.6 is 0 Å². The van der Waals surface area contributed by atoms with Crippen molar-refractivity contribution in [3.05, 3.63) is 39.4 Å². The zero-order chi connectivity index (χ0) is 19.6. The van der Waals surface area contributed by atoms with Crippen LogP contribution in [0, 0.1) is 10.1 Å². The molecule has 2 aliphatic rings. The Kier molecular flexibility index (Phi) is 5.15. The van der Waals surface area contributed by atoms with Gasteiger partial charge in [-0.2, -0.15) is 0 Å². The van der Waals surface area contributed by atoms with Gasteiger partial charge in [-0.1, -0.05) is 6.07 Å². The molecule has 1 aromatic carbocycles. The van der Waals surface area contributed by atoms with Crippen molar-refractivity contribution in [1.82, 2.24) is 9.80 Å². The number of hydrogen-bond donors (Lipinski definition) is 0. The molecule has 0 spiro atoms. The van der Waals surface area contributed by atoms with E-state index < -0.39 is 28.4 Å². The highest BCUT2D eigenvalue weighted by Gasteiger charge is 2.40. The monoisotopic (exact) mass is 375 g/mol. The quantitative estimate of drug-likeness (QED) is 0.311. The van der Waals surface area contributed by atoms with E-state index in [0.29, 0.717) is 13.1 Å². The van der Waals surface area contributed by atoms with Crippen LogP contribution in [-0.4, -0.2) is 64.7 Å². The molecule has 0 atom stereocenters. The van der Waals surface area contributed by atoms with Crippen molar-refractivity contribution in [2.45, 2.75) is 19.3 Å². The first-order valence-corrected chi connectivity index (χ1v) is 8.47. The van der Waals surface area contributed by atoms with Gasteiger partial charge in [0.25, 0.3) is 23.4 Å². The third-order valence-corrected chi connectivity index (χ3v) is 4.53. The number of rotatable bonds is 6. The Hall–Kier alpha value is -3.30. The minimum atomic E-state index is -0.816. The summed E-state index contributed by atoms with van der Waals surface area (Å²) in [7, 11) is 0. The molecule has 1 fully saturated rings. The van der Waals surface area contributed by atoms with Gasteiger partial charge in [-0.05, 0) is 18.9 Å². The maximum Gasteiger partial charge on any atom is 0.308 e. The molecule has 10 heteroatoms. The van der Waals surface area contributed by atoms with Crippen LogP contribution in [0.2, 0.25) is 0 Å². The summed E-state index contributed by atoms with van der Waals surface area (Å²) < 4.78 is 4.90. The molecule has 27 heavy (non-hydrogen) atoms. The molecule has 1 aromatic rings. The standard InChI is InChI=1S/C17H17N3O7/c21-13(18-7-1-2-8-18)10-27-14(22)6-9-19-16(23)11-4-3-5-12(20(25)26)15(11)17(19)24/h3-5H,1-2,6-10H2. The number of imide groups is 1. The largest absolute Gasteiger partial charge is 0.456 e. The van der Waals surface area contributed by atoms with E-state index in [0.717, 1.165) is 23.8 Å². The summed E-state index contributed by atoms with van der Waals surface area (Å²) in [4.78, 5) is 61.1. The van der Waals surface area contributed by atoms with Gasteiger partial charge in [0.1, 0.15) is 5.56 Å². The van der Waals surface area contributed by atoms with E-state index in [2.05, 4.69) is 0 Å². The Bertz CT molecular complexity index is 830. The second-order valence-corrected chi connectivity index (χ2v) is 6.22. The molecule has 0 saturated carbocycles. The first-order chi connectivity index (χ1) is 12.9. The molecule has 3 rings (SSSR count). The number of benzene rings is 1. The lowest BCUT2D eigenvalue weighted by atomic mass is 10.1. The molecule has 142 valence electrons. The van der Waals surface area contributed by atoms with Crippen molar-refractivity contribution in [2.75, 3.05) is 26.2 Å². The van der Waals surface area contributed by atoms with Crippen LogP contribution in [-0.2, 0) is 14.3 Å². The molecule has 0 N–H and O–H groups in total. The molecular weight excluding hydrogens is 358 g/mol. The average molecular weight is 375 g/mol. The summed E-state index contributed by atoms with van der Waals surface area (Å²) in [6.07, 6.45) is 1.55. The van der Waals surface area contributed by atoms with Crippen molar-refractivity contribution in [3.63, 3.8) is 0 Å². The number of nitrogens with zero attached hydrogens (tertiary/aromatic N) is 3. The molecule has 0 radical (unpaired) electrons. The van der Waals surface area contributed by atoms with Gasteiger partial charge in [-0.15, -0.1) is 0 Å². The summed E-state index contributed by atoms with van der Waals surface area (Å²) in [5.74, 6) is -2.52. The zero-order valence-corrected chi connectivity index (χ0v) is 14.4. The average Bonchev–Trinajstić information content (AvgIpc) is 3.26. The van der Waals surface area contributed by atoms with E-state index in [4.69, 9.17) is 4.74 Å². The number of ether oxygens (including phenoxy) is 1. The fraction of sp³-hybridized carbons (Fsp3) is 0.412. The van der Waals surface area contributed by atoms with Crippen LogP contribution in [0.1, 0.15) is 40.0 Å². The minimum Gasteiger partial charge on any atom is -0.456 e. The molecule has 2 heterocycles. The highest BCUT2D eigenvalue weighted by molar-refractivity contribution is 6.23. The summed E-state index contributed by atoms with van der Waals surface area (Å²) in [5.41, 5.74) is -0.788. The van der Waals surface area contributed by atoms with Crippen LogP contribution in [0.3, 0.4) is 0 Å². The normalized spacial score (nSPS) is 15.9. The first-order valence-electron chi connectivity index (χ1n) is 8.47. The molecule has 2 aliphatic heterocycles.